The van der Waals surface area contributed by atoms with Crippen LogP contribution in [0.15, 0.2) is 59.4 Å². The Balaban J connectivity index is 1.54. The van der Waals surface area contributed by atoms with Gasteiger partial charge >= 0.3 is 5.97 Å². The number of ether oxygens (including phenoxy) is 1. The lowest BCUT2D eigenvalue weighted by Gasteiger charge is -2.08. The SMILES string of the molecule is O=C(COC(=O)c1cc(=O)[nH]c2ccccc12)NCCc1ccc(F)cc1. The van der Waals surface area contributed by atoms with Gasteiger partial charge in [-0.05, 0) is 30.2 Å². The van der Waals surface area contributed by atoms with Crippen LogP contribution >= 0.6 is 0 Å². The number of rotatable bonds is 6. The molecule has 0 saturated carbocycles. The van der Waals surface area contributed by atoms with Crippen molar-refractivity contribution >= 4 is 22.8 Å². The molecule has 1 heterocycles. The Kier molecular flexibility index (Phi) is 5.61. The predicted molar refractivity (Wildman–Crippen MR) is 98.0 cm³/mol. The van der Waals surface area contributed by atoms with E-state index >= 15 is 0 Å². The summed E-state index contributed by atoms with van der Waals surface area (Å²) in [6.07, 6.45) is 0.526. The molecule has 0 aliphatic carbocycles. The minimum Gasteiger partial charge on any atom is -0.452 e. The van der Waals surface area contributed by atoms with Crippen molar-refractivity contribution in [3.8, 4) is 0 Å². The van der Waals surface area contributed by atoms with Crippen molar-refractivity contribution in [3.63, 3.8) is 0 Å². The van der Waals surface area contributed by atoms with Gasteiger partial charge in [0, 0.05) is 23.5 Å². The van der Waals surface area contributed by atoms with Gasteiger partial charge in [-0.2, -0.15) is 0 Å². The van der Waals surface area contributed by atoms with Gasteiger partial charge in [-0.15, -0.1) is 0 Å². The van der Waals surface area contributed by atoms with Gasteiger partial charge in [-0.3, -0.25) is 9.59 Å². The molecule has 7 heteroatoms. The number of aromatic amines is 1. The van der Waals surface area contributed by atoms with E-state index in [2.05, 4.69) is 10.3 Å². The molecule has 0 spiro atoms. The van der Waals surface area contributed by atoms with Crippen molar-refractivity contribution in [2.24, 2.45) is 0 Å². The number of pyridine rings is 1. The second kappa shape index (κ2) is 8.27. The third-order valence-electron chi connectivity index (χ3n) is 3.95. The number of carbonyl (C=O) groups excluding carboxylic acids is 2. The summed E-state index contributed by atoms with van der Waals surface area (Å²) in [7, 11) is 0. The summed E-state index contributed by atoms with van der Waals surface area (Å²) in [5.41, 5.74) is 1.07. The first-order valence-electron chi connectivity index (χ1n) is 8.33. The topological polar surface area (TPSA) is 88.3 Å². The lowest BCUT2D eigenvalue weighted by molar-refractivity contribution is -0.124. The monoisotopic (exact) mass is 368 g/mol. The van der Waals surface area contributed by atoms with Gasteiger partial charge in [0.15, 0.2) is 6.61 Å². The summed E-state index contributed by atoms with van der Waals surface area (Å²) < 4.78 is 17.9. The number of nitrogens with one attached hydrogen (secondary N) is 2. The smallest absolute Gasteiger partial charge is 0.339 e. The van der Waals surface area contributed by atoms with Crippen molar-refractivity contribution < 1.29 is 18.7 Å². The van der Waals surface area contributed by atoms with Crippen LogP contribution in [-0.2, 0) is 16.0 Å². The minimum absolute atomic E-state index is 0.105. The van der Waals surface area contributed by atoms with Crippen molar-refractivity contribution in [2.75, 3.05) is 13.2 Å². The third kappa shape index (κ3) is 4.78. The van der Waals surface area contributed by atoms with E-state index in [1.54, 1.807) is 36.4 Å². The maximum Gasteiger partial charge on any atom is 0.339 e. The zero-order valence-corrected chi connectivity index (χ0v) is 14.3. The average Bonchev–Trinajstić information content (AvgIpc) is 2.67. The first kappa shape index (κ1) is 18.3. The zero-order chi connectivity index (χ0) is 19.2. The first-order valence-corrected chi connectivity index (χ1v) is 8.33. The molecule has 0 radical (unpaired) electrons. The standard InChI is InChI=1S/C20H17FN2O4/c21-14-7-5-13(6-8-14)9-10-22-19(25)12-27-20(26)16-11-18(24)23-17-4-2-1-3-15(16)17/h1-8,11H,9-10,12H2,(H,22,25)(H,23,24). The van der Waals surface area contributed by atoms with Crippen LogP contribution in [0.25, 0.3) is 10.9 Å². The Bertz CT molecular complexity index is 1030. The van der Waals surface area contributed by atoms with E-state index in [1.165, 1.54) is 12.1 Å². The van der Waals surface area contributed by atoms with Crippen LogP contribution in [-0.4, -0.2) is 30.0 Å². The van der Waals surface area contributed by atoms with Gasteiger partial charge in [-0.25, -0.2) is 9.18 Å². The maximum atomic E-state index is 12.8. The molecule has 0 unspecified atom stereocenters. The molecule has 0 saturated heterocycles. The number of H-pyrrole nitrogens is 1. The molecule has 3 aromatic rings. The van der Waals surface area contributed by atoms with Crippen molar-refractivity contribution in [3.05, 3.63) is 81.9 Å². The van der Waals surface area contributed by atoms with Crippen LogP contribution in [0.4, 0.5) is 4.39 Å². The van der Waals surface area contributed by atoms with E-state index < -0.39 is 24.0 Å². The average molecular weight is 368 g/mol. The second-order valence-electron chi connectivity index (χ2n) is 5.90. The number of esters is 1. The Morgan fingerprint density at radius 2 is 1.81 bits per heavy atom. The van der Waals surface area contributed by atoms with Crippen LogP contribution in [0.5, 0.6) is 0 Å². The third-order valence-corrected chi connectivity index (χ3v) is 3.95. The number of carbonyl (C=O) groups is 2. The summed E-state index contributed by atoms with van der Waals surface area (Å²) >= 11 is 0. The van der Waals surface area contributed by atoms with E-state index in [9.17, 15) is 18.8 Å². The van der Waals surface area contributed by atoms with Crippen molar-refractivity contribution in [1.29, 1.82) is 0 Å². The van der Waals surface area contributed by atoms with Crippen LogP contribution in [0, 0.1) is 5.82 Å². The van der Waals surface area contributed by atoms with E-state index in [4.69, 9.17) is 4.74 Å². The number of hydrogen-bond acceptors (Lipinski definition) is 4. The second-order valence-corrected chi connectivity index (χ2v) is 5.90. The normalized spacial score (nSPS) is 10.6. The lowest BCUT2D eigenvalue weighted by Crippen LogP contribution is -2.30. The highest BCUT2D eigenvalue weighted by Crippen LogP contribution is 2.15. The Morgan fingerprint density at radius 1 is 1.07 bits per heavy atom. The summed E-state index contributed by atoms with van der Waals surface area (Å²) in [5.74, 6) is -1.52. The summed E-state index contributed by atoms with van der Waals surface area (Å²) in [5, 5.41) is 3.16. The first-order chi connectivity index (χ1) is 13.0. The number of hydrogen-bond donors (Lipinski definition) is 2. The minimum atomic E-state index is -0.744. The van der Waals surface area contributed by atoms with Crippen molar-refractivity contribution in [1.82, 2.24) is 10.3 Å². The fourth-order valence-electron chi connectivity index (χ4n) is 2.63. The number of benzene rings is 2. The maximum absolute atomic E-state index is 12.8. The van der Waals surface area contributed by atoms with Crippen LogP contribution in [0.1, 0.15) is 15.9 Å². The quantitative estimate of drug-likeness (QED) is 0.653. The summed E-state index contributed by atoms with van der Waals surface area (Å²) in [4.78, 5) is 38.4. The molecule has 138 valence electrons. The molecule has 1 aromatic heterocycles. The molecule has 6 nitrogen and oxygen atoms in total. The molecule has 0 aliphatic heterocycles. The van der Waals surface area contributed by atoms with Crippen LogP contribution in [0.2, 0.25) is 0 Å². The van der Waals surface area contributed by atoms with Gasteiger partial charge < -0.3 is 15.0 Å². The molecule has 1 amide bonds. The van der Waals surface area contributed by atoms with Gasteiger partial charge in [0.1, 0.15) is 5.82 Å². The van der Waals surface area contributed by atoms with E-state index in [0.717, 1.165) is 11.6 Å². The lowest BCUT2D eigenvalue weighted by atomic mass is 10.1. The van der Waals surface area contributed by atoms with Gasteiger partial charge in [0.25, 0.3) is 5.91 Å². The Hall–Kier alpha value is -3.48. The Morgan fingerprint density at radius 3 is 2.59 bits per heavy atom. The van der Waals surface area contributed by atoms with E-state index in [-0.39, 0.29) is 11.4 Å². The number of para-hydroxylation sites is 1. The molecule has 0 bridgehead atoms. The molecule has 2 N–H and O–H groups in total. The fraction of sp³-hybridized carbons (Fsp3) is 0.150. The number of aromatic nitrogens is 1. The van der Waals surface area contributed by atoms with E-state index in [1.807, 2.05) is 0 Å². The zero-order valence-electron chi connectivity index (χ0n) is 14.3. The van der Waals surface area contributed by atoms with E-state index in [0.29, 0.717) is 23.9 Å². The Labute approximate surface area is 154 Å². The molecule has 2 aromatic carbocycles. The van der Waals surface area contributed by atoms with Crippen molar-refractivity contribution in [2.45, 2.75) is 6.42 Å². The molecule has 0 aliphatic rings. The number of halogens is 1. The summed E-state index contributed by atoms with van der Waals surface area (Å²) in [6.45, 7) is -0.126. The molecule has 0 fully saturated rings. The summed E-state index contributed by atoms with van der Waals surface area (Å²) in [6, 6.07) is 14.0. The highest BCUT2D eigenvalue weighted by Gasteiger charge is 2.14. The number of amides is 1. The largest absolute Gasteiger partial charge is 0.452 e. The highest BCUT2D eigenvalue weighted by molar-refractivity contribution is 6.03. The van der Waals surface area contributed by atoms with Gasteiger partial charge in [0.05, 0.1) is 5.56 Å². The molecular weight excluding hydrogens is 351 g/mol. The van der Waals surface area contributed by atoms with Gasteiger partial charge in [-0.1, -0.05) is 30.3 Å². The molecule has 3 rings (SSSR count). The molecular formula is C20H17FN2O4. The number of fused-ring (bicyclic) bond motifs is 1. The highest BCUT2D eigenvalue weighted by atomic mass is 19.1. The van der Waals surface area contributed by atoms with Gasteiger partial charge in [0.2, 0.25) is 5.56 Å². The van der Waals surface area contributed by atoms with Crippen LogP contribution in [0.3, 0.4) is 0 Å². The predicted octanol–water partition coefficient (Wildman–Crippen LogP) is 2.18. The molecule has 27 heavy (non-hydrogen) atoms. The molecule has 0 atom stereocenters. The van der Waals surface area contributed by atoms with Crippen LogP contribution < -0.4 is 10.9 Å². The fourth-order valence-corrected chi connectivity index (χ4v) is 2.63.